The van der Waals surface area contributed by atoms with Crippen LogP contribution in [-0.2, 0) is 33.2 Å². The monoisotopic (exact) mass is 696 g/mol. The second kappa shape index (κ2) is 13.3. The lowest BCUT2D eigenvalue weighted by atomic mass is 9.43. The van der Waals surface area contributed by atoms with Crippen LogP contribution in [0.4, 0.5) is 0 Å². The molecule has 0 unspecified atom stereocenters. The number of carbonyl (C=O) groups is 1. The number of hydrogen-bond acceptors (Lipinski definition) is 13. The van der Waals surface area contributed by atoms with Crippen molar-refractivity contribution in [1.29, 1.82) is 0 Å². The average molecular weight is 697 g/mol. The lowest BCUT2D eigenvalue weighted by Crippen LogP contribution is -2.64. The summed E-state index contributed by atoms with van der Waals surface area (Å²) in [5, 5.41) is 64.3. The molecule has 49 heavy (non-hydrogen) atoms. The van der Waals surface area contributed by atoms with Crippen LogP contribution < -0.4 is 0 Å². The van der Waals surface area contributed by atoms with E-state index in [-0.39, 0.29) is 34.7 Å². The number of aliphatic hydroxyl groups is 6. The van der Waals surface area contributed by atoms with Gasteiger partial charge in [0.1, 0.15) is 49.3 Å². The smallest absolute Gasteiger partial charge is 0.331 e. The van der Waals surface area contributed by atoms with Crippen molar-refractivity contribution in [2.75, 3.05) is 20.3 Å². The van der Waals surface area contributed by atoms with Gasteiger partial charge in [-0.2, -0.15) is 0 Å². The maximum Gasteiger partial charge on any atom is 0.331 e. The Balaban J connectivity index is 0.990. The summed E-state index contributed by atoms with van der Waals surface area (Å²) in [5.41, 5.74) is 0.0599. The van der Waals surface area contributed by atoms with Gasteiger partial charge in [0.25, 0.3) is 0 Å². The molecule has 3 heterocycles. The Kier molecular flexibility index (Phi) is 9.82. The highest BCUT2D eigenvalue weighted by Gasteiger charge is 2.68. The Bertz CT molecular complexity index is 1260. The zero-order chi connectivity index (χ0) is 35.0. The number of fused-ring (bicyclic) bond motifs is 5. The Labute approximate surface area is 287 Å². The molecule has 7 aliphatic rings. The molecule has 2 saturated heterocycles. The molecule has 0 spiro atoms. The van der Waals surface area contributed by atoms with Gasteiger partial charge in [0, 0.05) is 18.6 Å². The van der Waals surface area contributed by atoms with E-state index in [9.17, 15) is 35.4 Å². The third kappa shape index (κ3) is 5.74. The first-order valence-electron chi connectivity index (χ1n) is 18.3. The number of carbonyl (C=O) groups excluding carboxylic acids is 1. The molecule has 6 N–H and O–H groups in total. The molecule has 13 heteroatoms. The minimum atomic E-state index is -1.60. The molecule has 0 aromatic rings. The fourth-order valence-corrected chi connectivity index (χ4v) is 11.6. The maximum atomic E-state index is 12.5. The standard InChI is InChI=1S/C36H56O13/c1-17-30(49-32-28(41)27(40)26(39)24(15-37)48-32)31(44-4)29(42)33(46-17)47-20-7-10-34(2)19(14-20)5-6-23-22(34)8-11-35(3)21(9-12-36(23,35)43)18-13-25(38)45-16-18/h13,17,19-24,26-33,37,39-43H,5-12,14-16H2,1-4H3/t17-,19+,20-,21+,22-,23+,24-,26-,27+,28-,29+,30-,31-,32+,33-,34-,35+,36-/m0/s1. The molecular weight excluding hydrogens is 640 g/mol. The molecule has 0 radical (unpaired) electrons. The number of esters is 1. The molecule has 0 aromatic heterocycles. The molecule has 0 amide bonds. The van der Waals surface area contributed by atoms with Gasteiger partial charge in [-0.05, 0) is 99.4 Å². The van der Waals surface area contributed by atoms with E-state index in [1.54, 1.807) is 13.0 Å². The van der Waals surface area contributed by atoms with Gasteiger partial charge in [-0.3, -0.25) is 0 Å². The Morgan fingerprint density at radius 2 is 1.61 bits per heavy atom. The predicted molar refractivity (Wildman–Crippen MR) is 170 cm³/mol. The Morgan fingerprint density at radius 1 is 0.857 bits per heavy atom. The number of aliphatic hydroxyl groups excluding tert-OH is 5. The SMILES string of the molecule is CO[C@H]1[C@@H](O)[C@H](O[C@H]2CC[C@@]3(C)[C@H](CC[C@@H]4[C@@H]3CC[C@]3(C)[C@@H](C5=CC(=O)OC5)CC[C@]43O)C2)O[C@@H](C)[C@@H]1O[C@H]1O[C@@H](CO)[C@H](O)[C@@H](O)[C@@H]1O. The predicted octanol–water partition coefficient (Wildman–Crippen LogP) is 0.934. The molecule has 4 saturated carbocycles. The quantitative estimate of drug-likeness (QED) is 0.163. The molecule has 4 aliphatic carbocycles. The van der Waals surface area contributed by atoms with Crippen molar-refractivity contribution in [3.05, 3.63) is 11.6 Å². The van der Waals surface area contributed by atoms with Gasteiger partial charge in [0.2, 0.25) is 0 Å². The Hall–Kier alpha value is -1.23. The van der Waals surface area contributed by atoms with Crippen molar-refractivity contribution in [2.45, 2.75) is 152 Å². The van der Waals surface area contributed by atoms with Crippen molar-refractivity contribution in [2.24, 2.45) is 34.5 Å². The summed E-state index contributed by atoms with van der Waals surface area (Å²) in [6.45, 7) is 6.15. The lowest BCUT2D eigenvalue weighted by Gasteiger charge is -2.64. The van der Waals surface area contributed by atoms with E-state index in [1.807, 2.05) is 0 Å². The highest BCUT2D eigenvalue weighted by atomic mass is 16.7. The van der Waals surface area contributed by atoms with Crippen LogP contribution in [0.2, 0.25) is 0 Å². The van der Waals surface area contributed by atoms with Gasteiger partial charge >= 0.3 is 5.97 Å². The first-order valence-corrected chi connectivity index (χ1v) is 18.3. The number of methoxy groups -OCH3 is 1. The van der Waals surface area contributed by atoms with Gasteiger partial charge in [-0.25, -0.2) is 4.79 Å². The van der Waals surface area contributed by atoms with Crippen LogP contribution in [0.15, 0.2) is 11.6 Å². The number of rotatable bonds is 7. The van der Waals surface area contributed by atoms with Crippen LogP contribution in [0.3, 0.4) is 0 Å². The van der Waals surface area contributed by atoms with Crippen molar-refractivity contribution >= 4 is 5.97 Å². The van der Waals surface area contributed by atoms with Crippen LogP contribution in [0.1, 0.15) is 78.6 Å². The largest absolute Gasteiger partial charge is 0.458 e. The highest BCUT2D eigenvalue weighted by molar-refractivity contribution is 5.85. The van der Waals surface area contributed by atoms with Gasteiger partial charge < -0.3 is 59.1 Å². The lowest BCUT2D eigenvalue weighted by molar-refractivity contribution is -0.362. The van der Waals surface area contributed by atoms with Crippen molar-refractivity contribution < 1.29 is 63.9 Å². The first kappa shape index (κ1) is 36.1. The summed E-state index contributed by atoms with van der Waals surface area (Å²) in [5.74, 6) is 0.909. The average Bonchev–Trinajstić information content (AvgIpc) is 3.62. The zero-order valence-electron chi connectivity index (χ0n) is 29.1. The fraction of sp³-hybridized carbons (Fsp3) is 0.917. The molecule has 0 bridgehead atoms. The molecular formula is C36H56O13. The molecule has 6 fully saturated rings. The fourth-order valence-electron chi connectivity index (χ4n) is 11.6. The third-order valence-corrected chi connectivity index (χ3v) is 14.4. The molecule has 278 valence electrons. The van der Waals surface area contributed by atoms with E-state index >= 15 is 0 Å². The van der Waals surface area contributed by atoms with E-state index in [1.165, 1.54) is 7.11 Å². The summed E-state index contributed by atoms with van der Waals surface area (Å²) in [4.78, 5) is 11.9. The van der Waals surface area contributed by atoms with Crippen molar-refractivity contribution in [3.63, 3.8) is 0 Å². The van der Waals surface area contributed by atoms with Crippen LogP contribution in [-0.4, -0.2) is 130 Å². The molecule has 18 atom stereocenters. The van der Waals surface area contributed by atoms with Crippen LogP contribution in [0, 0.1) is 34.5 Å². The van der Waals surface area contributed by atoms with E-state index in [0.717, 1.165) is 63.4 Å². The summed E-state index contributed by atoms with van der Waals surface area (Å²) >= 11 is 0. The van der Waals surface area contributed by atoms with E-state index in [0.29, 0.717) is 18.4 Å². The van der Waals surface area contributed by atoms with E-state index in [4.69, 9.17) is 28.4 Å². The molecule has 7 rings (SSSR count). The molecule has 13 nitrogen and oxygen atoms in total. The van der Waals surface area contributed by atoms with E-state index < -0.39 is 73.6 Å². The van der Waals surface area contributed by atoms with Crippen molar-refractivity contribution in [3.8, 4) is 0 Å². The van der Waals surface area contributed by atoms with Gasteiger partial charge in [-0.1, -0.05) is 13.8 Å². The second-order valence-electron chi connectivity index (χ2n) is 16.5. The van der Waals surface area contributed by atoms with Crippen LogP contribution in [0.25, 0.3) is 0 Å². The van der Waals surface area contributed by atoms with Crippen LogP contribution in [0.5, 0.6) is 0 Å². The summed E-state index contributed by atoms with van der Waals surface area (Å²) in [6, 6.07) is 0. The number of hydrogen-bond donors (Lipinski definition) is 6. The zero-order valence-corrected chi connectivity index (χ0v) is 29.1. The second-order valence-corrected chi connectivity index (χ2v) is 16.5. The van der Waals surface area contributed by atoms with Gasteiger partial charge in [0.15, 0.2) is 12.6 Å². The molecule has 3 aliphatic heterocycles. The van der Waals surface area contributed by atoms with Crippen LogP contribution >= 0.6 is 0 Å². The van der Waals surface area contributed by atoms with E-state index in [2.05, 4.69) is 13.8 Å². The molecule has 0 aromatic carbocycles. The Morgan fingerprint density at radius 3 is 2.31 bits per heavy atom. The minimum absolute atomic E-state index is 0.0579. The number of ether oxygens (including phenoxy) is 6. The van der Waals surface area contributed by atoms with Gasteiger partial charge in [-0.15, -0.1) is 0 Å². The first-order chi connectivity index (χ1) is 23.3. The normalized spacial score (nSPS) is 54.4. The van der Waals surface area contributed by atoms with Crippen molar-refractivity contribution in [1.82, 2.24) is 0 Å². The summed E-state index contributed by atoms with van der Waals surface area (Å²) in [7, 11) is 1.44. The third-order valence-electron chi connectivity index (χ3n) is 14.4. The summed E-state index contributed by atoms with van der Waals surface area (Å²) < 4.78 is 35.1. The minimum Gasteiger partial charge on any atom is -0.458 e. The number of cyclic esters (lactones) is 1. The maximum absolute atomic E-state index is 12.5. The highest BCUT2D eigenvalue weighted by Crippen LogP contribution is 2.70. The summed E-state index contributed by atoms with van der Waals surface area (Å²) in [6.07, 6.45) is -2.30. The topological polar surface area (TPSA) is 194 Å². The van der Waals surface area contributed by atoms with Gasteiger partial charge in [0.05, 0.1) is 24.4 Å².